The van der Waals surface area contributed by atoms with Crippen molar-refractivity contribution in [1.82, 2.24) is 0 Å². The molecule has 2 heteroatoms. The largest absolute Gasteiger partial charge is 0.456 e. The fraction of sp³-hybridized carbons (Fsp3) is 0. The van der Waals surface area contributed by atoms with Crippen LogP contribution in [0.5, 0.6) is 0 Å². The van der Waals surface area contributed by atoms with E-state index in [1.807, 2.05) is 0 Å². The molecule has 0 unspecified atom stereocenters. The van der Waals surface area contributed by atoms with Gasteiger partial charge >= 0.3 is 0 Å². The number of hydrogen-bond acceptors (Lipinski definition) is 2. The first kappa shape index (κ1) is 27.9. The van der Waals surface area contributed by atoms with E-state index in [0.29, 0.717) is 0 Å². The second-order valence-corrected chi connectivity index (χ2v) is 12.2. The number of nitrogens with zero attached hydrogens (tertiary/aromatic N) is 1. The van der Waals surface area contributed by atoms with Crippen LogP contribution in [0.15, 0.2) is 192 Å². The Kier molecular flexibility index (Phi) is 6.84. The summed E-state index contributed by atoms with van der Waals surface area (Å²) < 4.78 is 6.47. The first-order valence-corrected chi connectivity index (χ1v) is 16.3. The highest BCUT2D eigenvalue weighted by Gasteiger charge is 2.20. The molecule has 0 aliphatic carbocycles. The van der Waals surface area contributed by atoms with Crippen LogP contribution in [0.3, 0.4) is 0 Å². The van der Waals surface area contributed by atoms with Crippen molar-refractivity contribution in [3.8, 4) is 33.4 Å². The van der Waals surface area contributed by atoms with E-state index in [4.69, 9.17) is 4.42 Å². The Bertz CT molecular complexity index is 2530. The van der Waals surface area contributed by atoms with Crippen LogP contribution in [-0.2, 0) is 0 Å². The van der Waals surface area contributed by atoms with E-state index in [2.05, 4.69) is 193 Å². The molecule has 1 heterocycles. The van der Waals surface area contributed by atoms with Crippen molar-refractivity contribution in [1.29, 1.82) is 0 Å². The summed E-state index contributed by atoms with van der Waals surface area (Å²) >= 11 is 0. The van der Waals surface area contributed by atoms with Crippen LogP contribution in [0.1, 0.15) is 0 Å². The standard InChI is InChI=1S/C46H31NO/c1-3-12-32(13-4-1)33-22-24-34(25-23-33)35-26-28-39(29-27-35)47(38-16-5-2-6-17-38)43-20-10-9-18-40(43)41-19-11-21-44-46(41)42-30-36-14-7-8-15-37(36)31-45(42)48-44/h1-31H. The van der Waals surface area contributed by atoms with E-state index >= 15 is 0 Å². The molecule has 0 fully saturated rings. The zero-order valence-electron chi connectivity index (χ0n) is 26.3. The average Bonchev–Trinajstić information content (AvgIpc) is 3.53. The van der Waals surface area contributed by atoms with Gasteiger partial charge in [-0.3, -0.25) is 0 Å². The molecule has 0 saturated carbocycles. The molecule has 0 aliphatic rings. The van der Waals surface area contributed by atoms with Gasteiger partial charge in [0.15, 0.2) is 0 Å². The Balaban J connectivity index is 1.16. The smallest absolute Gasteiger partial charge is 0.136 e. The van der Waals surface area contributed by atoms with Gasteiger partial charge in [0.2, 0.25) is 0 Å². The fourth-order valence-electron chi connectivity index (χ4n) is 6.93. The predicted molar refractivity (Wildman–Crippen MR) is 202 cm³/mol. The highest BCUT2D eigenvalue weighted by molar-refractivity contribution is 6.16. The average molecular weight is 614 g/mol. The Morgan fingerprint density at radius 3 is 1.58 bits per heavy atom. The number of benzene rings is 8. The molecule has 226 valence electrons. The molecular weight excluding hydrogens is 583 g/mol. The fourth-order valence-corrected chi connectivity index (χ4v) is 6.93. The summed E-state index contributed by atoms with van der Waals surface area (Å²) in [6.07, 6.45) is 0. The molecule has 0 saturated heterocycles. The minimum Gasteiger partial charge on any atom is -0.456 e. The molecule has 0 spiro atoms. The second-order valence-electron chi connectivity index (χ2n) is 12.2. The number of hydrogen-bond donors (Lipinski definition) is 0. The summed E-state index contributed by atoms with van der Waals surface area (Å²) in [5.74, 6) is 0. The summed E-state index contributed by atoms with van der Waals surface area (Å²) in [6, 6.07) is 66.8. The first-order chi connectivity index (χ1) is 23.8. The SMILES string of the molecule is c1ccc(-c2ccc(-c3ccc(N(c4ccccc4)c4ccccc4-c4cccc5oc6cc7ccccc7cc6c45)cc3)cc2)cc1. The molecule has 0 radical (unpaired) electrons. The number of fused-ring (bicyclic) bond motifs is 4. The van der Waals surface area contributed by atoms with E-state index in [-0.39, 0.29) is 0 Å². The summed E-state index contributed by atoms with van der Waals surface area (Å²) in [4.78, 5) is 2.36. The summed E-state index contributed by atoms with van der Waals surface area (Å²) in [7, 11) is 0. The highest BCUT2D eigenvalue weighted by atomic mass is 16.3. The summed E-state index contributed by atoms with van der Waals surface area (Å²) in [6.45, 7) is 0. The van der Waals surface area contributed by atoms with Gasteiger partial charge < -0.3 is 9.32 Å². The van der Waals surface area contributed by atoms with Crippen molar-refractivity contribution < 1.29 is 4.42 Å². The van der Waals surface area contributed by atoms with Crippen LogP contribution < -0.4 is 4.90 Å². The molecule has 48 heavy (non-hydrogen) atoms. The van der Waals surface area contributed by atoms with Crippen molar-refractivity contribution in [3.05, 3.63) is 188 Å². The molecule has 8 aromatic carbocycles. The van der Waals surface area contributed by atoms with Gasteiger partial charge in [0.05, 0.1) is 5.69 Å². The summed E-state index contributed by atoms with van der Waals surface area (Å²) in [5.41, 5.74) is 12.2. The Morgan fingerprint density at radius 1 is 0.354 bits per heavy atom. The van der Waals surface area contributed by atoms with E-state index < -0.39 is 0 Å². The van der Waals surface area contributed by atoms with Crippen molar-refractivity contribution in [3.63, 3.8) is 0 Å². The van der Waals surface area contributed by atoms with Gasteiger partial charge in [-0.15, -0.1) is 0 Å². The van der Waals surface area contributed by atoms with Crippen LogP contribution in [0.4, 0.5) is 17.1 Å². The van der Waals surface area contributed by atoms with Crippen molar-refractivity contribution in [2.45, 2.75) is 0 Å². The quantitative estimate of drug-likeness (QED) is 0.185. The molecule has 2 nitrogen and oxygen atoms in total. The lowest BCUT2D eigenvalue weighted by Crippen LogP contribution is -2.11. The number of furan rings is 1. The Morgan fingerprint density at radius 2 is 0.875 bits per heavy atom. The lowest BCUT2D eigenvalue weighted by atomic mass is 9.96. The van der Waals surface area contributed by atoms with Crippen LogP contribution in [0.25, 0.3) is 66.1 Å². The van der Waals surface area contributed by atoms with Gasteiger partial charge in [0, 0.05) is 27.7 Å². The zero-order valence-corrected chi connectivity index (χ0v) is 26.3. The lowest BCUT2D eigenvalue weighted by Gasteiger charge is -2.28. The molecule has 0 N–H and O–H groups in total. The first-order valence-electron chi connectivity index (χ1n) is 16.3. The third kappa shape index (κ3) is 4.92. The Hall–Kier alpha value is -6.38. The minimum atomic E-state index is 0.890. The third-order valence-electron chi connectivity index (χ3n) is 9.26. The van der Waals surface area contributed by atoms with Gasteiger partial charge in [-0.05, 0) is 87.1 Å². The number of rotatable bonds is 6. The van der Waals surface area contributed by atoms with Crippen molar-refractivity contribution in [2.24, 2.45) is 0 Å². The lowest BCUT2D eigenvalue weighted by molar-refractivity contribution is 0.669. The van der Waals surface area contributed by atoms with Crippen molar-refractivity contribution in [2.75, 3.05) is 4.90 Å². The zero-order chi connectivity index (χ0) is 31.9. The maximum Gasteiger partial charge on any atom is 0.136 e. The normalized spacial score (nSPS) is 11.3. The van der Waals surface area contributed by atoms with Gasteiger partial charge in [-0.1, -0.05) is 140 Å². The molecular formula is C46H31NO. The second kappa shape index (κ2) is 11.8. The van der Waals surface area contributed by atoms with E-state index in [0.717, 1.165) is 50.1 Å². The van der Waals surface area contributed by atoms with Gasteiger partial charge in [-0.25, -0.2) is 0 Å². The maximum absolute atomic E-state index is 6.47. The van der Waals surface area contributed by atoms with Crippen LogP contribution in [0, 0.1) is 0 Å². The van der Waals surface area contributed by atoms with E-state index in [9.17, 15) is 0 Å². The molecule has 1 aromatic heterocycles. The maximum atomic E-state index is 6.47. The molecule has 0 amide bonds. The molecule has 0 bridgehead atoms. The predicted octanol–water partition coefficient (Wildman–Crippen LogP) is 13.2. The minimum absolute atomic E-state index is 0.890. The third-order valence-corrected chi connectivity index (χ3v) is 9.26. The molecule has 9 rings (SSSR count). The van der Waals surface area contributed by atoms with E-state index in [1.54, 1.807) is 0 Å². The summed E-state index contributed by atoms with van der Waals surface area (Å²) in [5, 5.41) is 4.64. The number of para-hydroxylation sites is 2. The molecule has 0 aliphatic heterocycles. The highest BCUT2D eigenvalue weighted by Crippen LogP contribution is 2.45. The topological polar surface area (TPSA) is 16.4 Å². The number of anilines is 3. The van der Waals surface area contributed by atoms with Gasteiger partial charge in [-0.2, -0.15) is 0 Å². The van der Waals surface area contributed by atoms with E-state index in [1.165, 1.54) is 33.0 Å². The van der Waals surface area contributed by atoms with Gasteiger partial charge in [0.25, 0.3) is 0 Å². The van der Waals surface area contributed by atoms with Crippen LogP contribution >= 0.6 is 0 Å². The monoisotopic (exact) mass is 613 g/mol. The van der Waals surface area contributed by atoms with Crippen molar-refractivity contribution >= 4 is 49.8 Å². The van der Waals surface area contributed by atoms with Gasteiger partial charge in [0.1, 0.15) is 11.2 Å². The Labute approximate surface area is 279 Å². The van der Waals surface area contributed by atoms with Crippen LogP contribution in [-0.4, -0.2) is 0 Å². The molecule has 0 atom stereocenters. The molecule has 9 aromatic rings. The van der Waals surface area contributed by atoms with Crippen LogP contribution in [0.2, 0.25) is 0 Å².